The molecule has 0 aromatic carbocycles. The zero-order chi connectivity index (χ0) is 12.0. The van der Waals surface area contributed by atoms with E-state index in [4.69, 9.17) is 0 Å². The van der Waals surface area contributed by atoms with Gasteiger partial charge in [-0.15, -0.1) is 23.7 Å². The minimum Gasteiger partial charge on any atom is -0.316 e. The van der Waals surface area contributed by atoms with Crippen molar-refractivity contribution < 1.29 is 0 Å². The van der Waals surface area contributed by atoms with Crippen LogP contribution in [0.5, 0.6) is 0 Å². The summed E-state index contributed by atoms with van der Waals surface area (Å²) in [5.41, 5.74) is 1.55. The summed E-state index contributed by atoms with van der Waals surface area (Å²) in [5, 5.41) is 6.92. The van der Waals surface area contributed by atoms with Crippen molar-refractivity contribution in [1.29, 1.82) is 0 Å². The second kappa shape index (κ2) is 8.06. The van der Waals surface area contributed by atoms with Crippen LogP contribution in [0.25, 0.3) is 0 Å². The van der Waals surface area contributed by atoms with Crippen LogP contribution in [0.4, 0.5) is 0 Å². The van der Waals surface area contributed by atoms with Gasteiger partial charge in [0.1, 0.15) is 0 Å². The summed E-state index contributed by atoms with van der Waals surface area (Å²) in [4.78, 5) is 4.47. The molecule has 1 aromatic heterocycles. The predicted molar refractivity (Wildman–Crippen MR) is 79.4 cm³/mol. The van der Waals surface area contributed by atoms with Gasteiger partial charge in [-0.25, -0.2) is 4.98 Å². The van der Waals surface area contributed by atoms with Gasteiger partial charge in [-0.2, -0.15) is 0 Å². The number of hydrogen-bond acceptors (Lipinski definition) is 3. The SMILES string of the molecule is Cc1csc(CCCCNCC(C)(C)C)n1.Cl. The average Bonchev–Trinajstić information content (AvgIpc) is 2.56. The van der Waals surface area contributed by atoms with Crippen LogP contribution in [0, 0.1) is 12.3 Å². The van der Waals surface area contributed by atoms with E-state index in [0.717, 1.165) is 25.2 Å². The van der Waals surface area contributed by atoms with Gasteiger partial charge >= 0.3 is 0 Å². The first-order valence-corrected chi connectivity index (χ1v) is 6.97. The van der Waals surface area contributed by atoms with Crippen LogP contribution in [0.1, 0.15) is 44.3 Å². The topological polar surface area (TPSA) is 24.9 Å². The molecule has 0 aliphatic carbocycles. The van der Waals surface area contributed by atoms with E-state index < -0.39 is 0 Å². The lowest BCUT2D eigenvalue weighted by molar-refractivity contribution is 0.378. The summed E-state index contributed by atoms with van der Waals surface area (Å²) in [7, 11) is 0. The molecule has 4 heteroatoms. The lowest BCUT2D eigenvalue weighted by atomic mass is 9.97. The number of unbranched alkanes of at least 4 members (excludes halogenated alkanes) is 1. The first kappa shape index (κ1) is 16.9. The Hall–Kier alpha value is -0.120. The molecular formula is C13H25ClN2S. The molecule has 1 rings (SSSR count). The van der Waals surface area contributed by atoms with Crippen LogP contribution in [-0.4, -0.2) is 18.1 Å². The standard InChI is InChI=1S/C13H24N2S.ClH/c1-11-9-16-12(15-11)7-5-6-8-14-10-13(2,3)4;/h9,14H,5-8,10H2,1-4H3;1H. The van der Waals surface area contributed by atoms with Gasteiger partial charge in [0.15, 0.2) is 0 Å². The van der Waals surface area contributed by atoms with E-state index in [1.165, 1.54) is 17.8 Å². The van der Waals surface area contributed by atoms with E-state index in [1.807, 2.05) is 0 Å². The molecular weight excluding hydrogens is 252 g/mol. The summed E-state index contributed by atoms with van der Waals surface area (Å²) < 4.78 is 0. The number of rotatable bonds is 6. The number of thiazole rings is 1. The maximum Gasteiger partial charge on any atom is 0.0928 e. The van der Waals surface area contributed by atoms with Crippen molar-refractivity contribution in [3.63, 3.8) is 0 Å². The number of halogens is 1. The summed E-state index contributed by atoms with van der Waals surface area (Å²) in [6, 6.07) is 0. The zero-order valence-corrected chi connectivity index (χ0v) is 13.0. The highest BCUT2D eigenvalue weighted by atomic mass is 35.5. The van der Waals surface area contributed by atoms with E-state index in [0.29, 0.717) is 5.41 Å². The smallest absolute Gasteiger partial charge is 0.0928 e. The van der Waals surface area contributed by atoms with E-state index in [9.17, 15) is 0 Å². The van der Waals surface area contributed by atoms with Gasteiger partial charge in [0.25, 0.3) is 0 Å². The highest BCUT2D eigenvalue weighted by Crippen LogP contribution is 2.12. The third-order valence-corrected chi connectivity index (χ3v) is 3.34. The monoisotopic (exact) mass is 276 g/mol. The van der Waals surface area contributed by atoms with Crippen LogP contribution in [0.15, 0.2) is 5.38 Å². The molecule has 100 valence electrons. The number of aromatic nitrogens is 1. The minimum atomic E-state index is 0. The van der Waals surface area contributed by atoms with Crippen LogP contribution >= 0.6 is 23.7 Å². The molecule has 0 aliphatic rings. The second-order valence-corrected chi connectivity index (χ2v) is 6.52. The summed E-state index contributed by atoms with van der Waals surface area (Å²) >= 11 is 1.79. The van der Waals surface area contributed by atoms with Crippen LogP contribution in [0.3, 0.4) is 0 Å². The molecule has 1 N–H and O–H groups in total. The highest BCUT2D eigenvalue weighted by Gasteiger charge is 2.08. The van der Waals surface area contributed by atoms with Gasteiger partial charge in [-0.1, -0.05) is 20.8 Å². The van der Waals surface area contributed by atoms with Gasteiger partial charge in [-0.05, 0) is 44.7 Å². The molecule has 0 fully saturated rings. The second-order valence-electron chi connectivity index (χ2n) is 5.58. The Morgan fingerprint density at radius 3 is 2.53 bits per heavy atom. The first-order valence-electron chi connectivity index (χ1n) is 6.09. The van der Waals surface area contributed by atoms with Crippen molar-refractivity contribution in [3.8, 4) is 0 Å². The first-order chi connectivity index (χ1) is 7.47. The Morgan fingerprint density at radius 1 is 1.29 bits per heavy atom. The quantitative estimate of drug-likeness (QED) is 0.799. The molecule has 0 aliphatic heterocycles. The molecule has 0 atom stereocenters. The lowest BCUT2D eigenvalue weighted by Crippen LogP contribution is -2.27. The molecule has 2 nitrogen and oxygen atoms in total. The Kier molecular flexibility index (Phi) is 8.01. The summed E-state index contributed by atoms with van der Waals surface area (Å²) in [6.07, 6.45) is 3.62. The molecule has 0 bridgehead atoms. The van der Waals surface area contributed by atoms with E-state index in [2.05, 4.69) is 43.4 Å². The normalized spacial score (nSPS) is 11.3. The Balaban J connectivity index is 0.00000256. The van der Waals surface area contributed by atoms with Crippen molar-refractivity contribution >= 4 is 23.7 Å². The van der Waals surface area contributed by atoms with Crippen molar-refractivity contribution in [2.75, 3.05) is 13.1 Å². The molecule has 0 amide bonds. The molecule has 0 radical (unpaired) electrons. The fraction of sp³-hybridized carbons (Fsp3) is 0.769. The maximum atomic E-state index is 4.47. The molecule has 0 saturated heterocycles. The maximum absolute atomic E-state index is 4.47. The van der Waals surface area contributed by atoms with Gasteiger partial charge < -0.3 is 5.32 Å². The van der Waals surface area contributed by atoms with Gasteiger partial charge in [-0.3, -0.25) is 0 Å². The highest BCUT2D eigenvalue weighted by molar-refractivity contribution is 7.09. The van der Waals surface area contributed by atoms with E-state index >= 15 is 0 Å². The van der Waals surface area contributed by atoms with Crippen molar-refractivity contribution in [2.24, 2.45) is 5.41 Å². The van der Waals surface area contributed by atoms with E-state index in [1.54, 1.807) is 11.3 Å². The Bertz CT molecular complexity index is 305. The molecule has 1 aromatic rings. The van der Waals surface area contributed by atoms with Crippen LogP contribution in [-0.2, 0) is 6.42 Å². The van der Waals surface area contributed by atoms with Crippen LogP contribution in [0.2, 0.25) is 0 Å². The molecule has 1 heterocycles. The van der Waals surface area contributed by atoms with Gasteiger partial charge in [0, 0.05) is 11.1 Å². The molecule has 0 unspecified atom stereocenters. The predicted octanol–water partition coefficient (Wildman–Crippen LogP) is 3.83. The van der Waals surface area contributed by atoms with E-state index in [-0.39, 0.29) is 12.4 Å². The van der Waals surface area contributed by atoms with Crippen LogP contribution < -0.4 is 5.32 Å². The van der Waals surface area contributed by atoms with Crippen molar-refractivity contribution in [1.82, 2.24) is 10.3 Å². The number of nitrogens with zero attached hydrogens (tertiary/aromatic N) is 1. The molecule has 17 heavy (non-hydrogen) atoms. The minimum absolute atomic E-state index is 0. The summed E-state index contributed by atoms with van der Waals surface area (Å²) in [6.45, 7) is 11.1. The third-order valence-electron chi connectivity index (χ3n) is 2.32. The molecule has 0 spiro atoms. The van der Waals surface area contributed by atoms with Crippen molar-refractivity contribution in [2.45, 2.75) is 47.0 Å². The number of nitrogens with one attached hydrogen (secondary N) is 1. The zero-order valence-electron chi connectivity index (χ0n) is 11.4. The number of hydrogen-bond donors (Lipinski definition) is 1. The Morgan fingerprint density at radius 2 is 2.00 bits per heavy atom. The summed E-state index contributed by atoms with van der Waals surface area (Å²) in [5.74, 6) is 0. The lowest BCUT2D eigenvalue weighted by Gasteiger charge is -2.18. The Labute approximate surface area is 116 Å². The average molecular weight is 277 g/mol. The van der Waals surface area contributed by atoms with Gasteiger partial charge in [0.05, 0.1) is 5.01 Å². The molecule has 0 saturated carbocycles. The number of aryl methyl sites for hydroxylation is 2. The van der Waals surface area contributed by atoms with Gasteiger partial charge in [0.2, 0.25) is 0 Å². The largest absolute Gasteiger partial charge is 0.316 e. The fourth-order valence-corrected chi connectivity index (χ4v) is 2.33. The third kappa shape index (κ3) is 8.58. The fourth-order valence-electron chi connectivity index (χ4n) is 1.51. The van der Waals surface area contributed by atoms with Crippen molar-refractivity contribution in [3.05, 3.63) is 16.1 Å².